The molecule has 2 amide bonds. The lowest BCUT2D eigenvalue weighted by Crippen LogP contribution is -2.32. The minimum atomic E-state index is -0.920. The first kappa shape index (κ1) is 18.8. The second-order valence-corrected chi connectivity index (χ2v) is 5.57. The van der Waals surface area contributed by atoms with Crippen LogP contribution in [-0.2, 0) is 9.59 Å². The second kappa shape index (κ2) is 9.05. The summed E-state index contributed by atoms with van der Waals surface area (Å²) in [6, 6.07) is 11.7. The summed E-state index contributed by atoms with van der Waals surface area (Å²) in [5.74, 6) is -1.17. The van der Waals surface area contributed by atoms with Crippen LogP contribution < -0.4 is 15.5 Å². The summed E-state index contributed by atoms with van der Waals surface area (Å²) in [4.78, 5) is 23.6. The quantitative estimate of drug-likeness (QED) is 0.474. The number of benzene rings is 2. The van der Waals surface area contributed by atoms with Crippen LogP contribution >= 0.6 is 23.2 Å². The Labute approximate surface area is 154 Å². The Morgan fingerprint density at radius 2 is 1.88 bits per heavy atom. The first-order valence-corrected chi connectivity index (χ1v) is 8.08. The molecule has 130 valence electrons. The van der Waals surface area contributed by atoms with E-state index < -0.39 is 11.8 Å². The van der Waals surface area contributed by atoms with E-state index in [9.17, 15) is 9.59 Å². The fourth-order valence-corrected chi connectivity index (χ4v) is 2.15. The van der Waals surface area contributed by atoms with Crippen LogP contribution in [0.3, 0.4) is 0 Å². The summed E-state index contributed by atoms with van der Waals surface area (Å²) in [7, 11) is 0. The van der Waals surface area contributed by atoms with Crippen LogP contribution in [0.1, 0.15) is 12.5 Å². The molecule has 0 unspecified atom stereocenters. The van der Waals surface area contributed by atoms with E-state index in [-0.39, 0.29) is 5.02 Å². The number of anilines is 1. The maximum Gasteiger partial charge on any atom is 0.329 e. The largest absolute Gasteiger partial charge is 0.493 e. The first-order chi connectivity index (χ1) is 12.0. The van der Waals surface area contributed by atoms with Crippen molar-refractivity contribution in [3.05, 3.63) is 58.1 Å². The van der Waals surface area contributed by atoms with E-state index in [0.717, 1.165) is 0 Å². The van der Waals surface area contributed by atoms with Gasteiger partial charge in [0, 0.05) is 11.3 Å². The van der Waals surface area contributed by atoms with Gasteiger partial charge in [-0.15, -0.1) is 0 Å². The average molecular weight is 380 g/mol. The average Bonchev–Trinajstić information content (AvgIpc) is 2.59. The van der Waals surface area contributed by atoms with Gasteiger partial charge in [0.05, 0.1) is 22.9 Å². The van der Waals surface area contributed by atoms with Gasteiger partial charge in [-0.1, -0.05) is 35.3 Å². The first-order valence-electron chi connectivity index (χ1n) is 7.32. The van der Waals surface area contributed by atoms with E-state index in [0.29, 0.717) is 28.6 Å². The molecule has 6 nitrogen and oxygen atoms in total. The molecule has 25 heavy (non-hydrogen) atoms. The smallest absolute Gasteiger partial charge is 0.329 e. The Morgan fingerprint density at radius 3 is 2.60 bits per heavy atom. The van der Waals surface area contributed by atoms with E-state index in [1.54, 1.807) is 12.1 Å². The zero-order valence-electron chi connectivity index (χ0n) is 13.3. The minimum Gasteiger partial charge on any atom is -0.493 e. The number of carbonyl (C=O) groups excluding carboxylic acids is 2. The van der Waals surface area contributed by atoms with Gasteiger partial charge in [-0.2, -0.15) is 5.10 Å². The number of amides is 2. The highest BCUT2D eigenvalue weighted by Crippen LogP contribution is 2.24. The van der Waals surface area contributed by atoms with E-state index in [4.69, 9.17) is 27.9 Å². The molecule has 0 atom stereocenters. The molecular weight excluding hydrogens is 365 g/mol. The Balaban J connectivity index is 1.95. The van der Waals surface area contributed by atoms with Crippen molar-refractivity contribution in [2.75, 3.05) is 11.9 Å². The third-order valence-electron chi connectivity index (χ3n) is 2.97. The van der Waals surface area contributed by atoms with Gasteiger partial charge in [-0.25, -0.2) is 5.43 Å². The molecule has 0 saturated carbocycles. The van der Waals surface area contributed by atoms with Crippen molar-refractivity contribution in [2.24, 2.45) is 5.10 Å². The number of hydrogen-bond donors (Lipinski definition) is 2. The van der Waals surface area contributed by atoms with Crippen LogP contribution in [0.4, 0.5) is 5.69 Å². The molecular formula is C17H15Cl2N3O3. The second-order valence-electron chi connectivity index (χ2n) is 4.75. The topological polar surface area (TPSA) is 79.8 Å². The number of halogens is 2. The lowest BCUT2D eigenvalue weighted by molar-refractivity contribution is -0.136. The fraction of sp³-hybridized carbons (Fsp3) is 0.118. The SMILES string of the molecule is CCOc1ccccc1/C=N/NC(=O)C(=O)Nc1ccc(Cl)c(Cl)c1. The molecule has 0 bridgehead atoms. The van der Waals surface area contributed by atoms with Crippen molar-refractivity contribution in [1.82, 2.24) is 5.43 Å². The van der Waals surface area contributed by atoms with Crippen molar-refractivity contribution >= 4 is 46.9 Å². The highest BCUT2D eigenvalue weighted by molar-refractivity contribution is 6.42. The molecule has 0 radical (unpaired) electrons. The summed E-state index contributed by atoms with van der Waals surface area (Å²) in [5.41, 5.74) is 3.17. The summed E-state index contributed by atoms with van der Waals surface area (Å²) >= 11 is 11.6. The summed E-state index contributed by atoms with van der Waals surface area (Å²) in [6.07, 6.45) is 1.40. The molecule has 0 aromatic heterocycles. The predicted molar refractivity (Wildman–Crippen MR) is 98.4 cm³/mol. The number of rotatable bonds is 5. The Morgan fingerprint density at radius 1 is 1.12 bits per heavy atom. The zero-order chi connectivity index (χ0) is 18.2. The van der Waals surface area contributed by atoms with Crippen molar-refractivity contribution < 1.29 is 14.3 Å². The van der Waals surface area contributed by atoms with Gasteiger partial charge in [0.1, 0.15) is 5.75 Å². The van der Waals surface area contributed by atoms with Gasteiger partial charge in [-0.3, -0.25) is 9.59 Å². The lowest BCUT2D eigenvalue weighted by atomic mass is 10.2. The van der Waals surface area contributed by atoms with Crippen molar-refractivity contribution in [3.63, 3.8) is 0 Å². The molecule has 2 aromatic carbocycles. The highest BCUT2D eigenvalue weighted by atomic mass is 35.5. The van der Waals surface area contributed by atoms with E-state index in [1.807, 2.05) is 19.1 Å². The molecule has 0 aliphatic carbocycles. The van der Waals surface area contributed by atoms with Gasteiger partial charge >= 0.3 is 11.8 Å². The summed E-state index contributed by atoms with van der Waals surface area (Å²) in [6.45, 7) is 2.37. The van der Waals surface area contributed by atoms with Crippen LogP contribution in [0, 0.1) is 0 Å². The van der Waals surface area contributed by atoms with Crippen LogP contribution in [0.25, 0.3) is 0 Å². The third-order valence-corrected chi connectivity index (χ3v) is 3.71. The molecule has 2 rings (SSSR count). The molecule has 0 aliphatic heterocycles. The number of para-hydroxylation sites is 1. The fourth-order valence-electron chi connectivity index (χ4n) is 1.85. The van der Waals surface area contributed by atoms with Gasteiger partial charge < -0.3 is 10.1 Å². The lowest BCUT2D eigenvalue weighted by Gasteiger charge is -2.06. The molecule has 0 aliphatic rings. The van der Waals surface area contributed by atoms with Gasteiger partial charge in [0.15, 0.2) is 0 Å². The van der Waals surface area contributed by atoms with Gasteiger partial charge in [-0.05, 0) is 37.3 Å². The maximum atomic E-state index is 11.8. The Hall–Kier alpha value is -2.57. The third kappa shape index (κ3) is 5.48. The van der Waals surface area contributed by atoms with E-state index in [1.165, 1.54) is 24.4 Å². The minimum absolute atomic E-state index is 0.269. The van der Waals surface area contributed by atoms with E-state index >= 15 is 0 Å². The molecule has 8 heteroatoms. The predicted octanol–water partition coefficient (Wildman–Crippen LogP) is 3.48. The molecule has 2 N–H and O–H groups in total. The highest BCUT2D eigenvalue weighted by Gasteiger charge is 2.13. The number of ether oxygens (including phenoxy) is 1. The van der Waals surface area contributed by atoms with Crippen LogP contribution in [-0.4, -0.2) is 24.6 Å². The van der Waals surface area contributed by atoms with Crippen molar-refractivity contribution in [1.29, 1.82) is 0 Å². The number of nitrogens with zero attached hydrogens (tertiary/aromatic N) is 1. The number of hydrazone groups is 1. The molecule has 0 fully saturated rings. The molecule has 2 aromatic rings. The monoisotopic (exact) mass is 379 g/mol. The normalized spacial score (nSPS) is 10.5. The van der Waals surface area contributed by atoms with Crippen LogP contribution in [0.5, 0.6) is 5.75 Å². The summed E-state index contributed by atoms with van der Waals surface area (Å²) in [5, 5.41) is 6.78. The zero-order valence-corrected chi connectivity index (χ0v) is 14.8. The van der Waals surface area contributed by atoms with Crippen LogP contribution in [0.2, 0.25) is 10.0 Å². The Bertz CT molecular complexity index is 809. The number of carbonyl (C=O) groups is 2. The number of nitrogens with one attached hydrogen (secondary N) is 2. The van der Waals surface area contributed by atoms with E-state index in [2.05, 4.69) is 15.8 Å². The molecule has 0 heterocycles. The summed E-state index contributed by atoms with van der Waals surface area (Å²) < 4.78 is 5.44. The van der Waals surface area contributed by atoms with Crippen molar-refractivity contribution in [2.45, 2.75) is 6.92 Å². The van der Waals surface area contributed by atoms with Gasteiger partial charge in [0.25, 0.3) is 0 Å². The van der Waals surface area contributed by atoms with Crippen molar-refractivity contribution in [3.8, 4) is 5.75 Å². The van der Waals surface area contributed by atoms with Crippen LogP contribution in [0.15, 0.2) is 47.6 Å². The standard InChI is InChI=1S/C17H15Cl2N3O3/c1-2-25-15-6-4-3-5-11(15)10-20-22-17(24)16(23)21-12-7-8-13(18)14(19)9-12/h3-10H,2H2,1H3,(H,21,23)(H,22,24)/b20-10+. The maximum absolute atomic E-state index is 11.8. The number of hydrogen-bond acceptors (Lipinski definition) is 4. The molecule has 0 spiro atoms. The molecule has 0 saturated heterocycles. The van der Waals surface area contributed by atoms with Gasteiger partial charge in [0.2, 0.25) is 0 Å². The Kier molecular flexibility index (Phi) is 6.80.